The average molecular weight is 319 g/mol. The molecule has 1 aliphatic heterocycles. The third kappa shape index (κ3) is 3.85. The number of rotatable bonds is 6. The van der Waals surface area contributed by atoms with Gasteiger partial charge in [-0.3, -0.25) is 14.6 Å². The van der Waals surface area contributed by atoms with E-state index in [1.165, 1.54) is 17.0 Å². The number of amides is 1. The molecule has 0 saturated carbocycles. The Hall–Kier alpha value is -2.90. The van der Waals surface area contributed by atoms with E-state index >= 15 is 0 Å². The molecule has 23 heavy (non-hydrogen) atoms. The molecule has 1 heterocycles. The topological polar surface area (TPSA) is 111 Å². The SMILES string of the molecule is CN(CCC(=O)O)C(=O)C1=NN(c2ccccc2)C(C(=O)O)C1. The Kier molecular flexibility index (Phi) is 4.95. The van der Waals surface area contributed by atoms with Crippen LogP contribution in [0.4, 0.5) is 5.69 Å². The van der Waals surface area contributed by atoms with Crippen LogP contribution < -0.4 is 5.01 Å². The number of nitrogens with zero attached hydrogens (tertiary/aromatic N) is 3. The van der Waals surface area contributed by atoms with E-state index in [0.29, 0.717) is 5.69 Å². The van der Waals surface area contributed by atoms with Gasteiger partial charge in [-0.2, -0.15) is 5.10 Å². The Labute approximate surface area is 132 Å². The highest BCUT2D eigenvalue weighted by atomic mass is 16.4. The molecule has 1 atom stereocenters. The third-order valence-corrected chi connectivity index (χ3v) is 3.47. The van der Waals surface area contributed by atoms with Crippen molar-refractivity contribution in [2.45, 2.75) is 18.9 Å². The minimum absolute atomic E-state index is 0.0273. The van der Waals surface area contributed by atoms with Crippen LogP contribution in [-0.2, 0) is 14.4 Å². The molecule has 0 spiro atoms. The number of aliphatic carboxylic acids is 2. The molecule has 0 aromatic heterocycles. The number of hydrazone groups is 1. The van der Waals surface area contributed by atoms with Gasteiger partial charge >= 0.3 is 11.9 Å². The molecule has 122 valence electrons. The van der Waals surface area contributed by atoms with Gasteiger partial charge in [0, 0.05) is 20.0 Å². The highest BCUT2D eigenvalue weighted by molar-refractivity contribution is 6.40. The summed E-state index contributed by atoms with van der Waals surface area (Å²) in [4.78, 5) is 35.5. The van der Waals surface area contributed by atoms with E-state index in [4.69, 9.17) is 5.11 Å². The zero-order valence-corrected chi connectivity index (χ0v) is 12.5. The van der Waals surface area contributed by atoms with Crippen molar-refractivity contribution in [2.24, 2.45) is 5.10 Å². The lowest BCUT2D eigenvalue weighted by Crippen LogP contribution is -2.36. The Bertz CT molecular complexity index is 644. The van der Waals surface area contributed by atoms with Crippen LogP contribution in [0.25, 0.3) is 0 Å². The molecular weight excluding hydrogens is 302 g/mol. The molecule has 8 heteroatoms. The maximum atomic E-state index is 12.3. The van der Waals surface area contributed by atoms with E-state index in [9.17, 15) is 19.5 Å². The van der Waals surface area contributed by atoms with E-state index in [1.54, 1.807) is 30.3 Å². The first-order chi connectivity index (χ1) is 10.9. The Morgan fingerprint density at radius 3 is 2.48 bits per heavy atom. The maximum Gasteiger partial charge on any atom is 0.328 e. The quantitative estimate of drug-likeness (QED) is 0.796. The average Bonchev–Trinajstić information content (AvgIpc) is 2.98. The molecule has 8 nitrogen and oxygen atoms in total. The van der Waals surface area contributed by atoms with Gasteiger partial charge in [0.1, 0.15) is 5.71 Å². The van der Waals surface area contributed by atoms with Gasteiger partial charge < -0.3 is 15.1 Å². The minimum atomic E-state index is -1.08. The zero-order valence-electron chi connectivity index (χ0n) is 12.5. The molecule has 1 aromatic rings. The standard InChI is InChI=1S/C15H17N3O5/c1-17(8-7-13(19)20)14(21)11-9-12(15(22)23)18(16-11)10-5-3-2-4-6-10/h2-6,12H,7-9H2,1H3,(H,19,20)(H,22,23). The van der Waals surface area contributed by atoms with Crippen LogP contribution >= 0.6 is 0 Å². The summed E-state index contributed by atoms with van der Waals surface area (Å²) in [7, 11) is 1.47. The number of carbonyl (C=O) groups excluding carboxylic acids is 1. The summed E-state index contributed by atoms with van der Waals surface area (Å²) in [5, 5.41) is 23.4. The molecular formula is C15H17N3O5. The van der Waals surface area contributed by atoms with Gasteiger partial charge in [0.15, 0.2) is 6.04 Å². The van der Waals surface area contributed by atoms with Crippen LogP contribution in [-0.4, -0.2) is 58.3 Å². The van der Waals surface area contributed by atoms with Crippen LogP contribution in [0.5, 0.6) is 0 Å². The number of hydrogen-bond donors (Lipinski definition) is 2. The second-order valence-corrected chi connectivity index (χ2v) is 5.16. The molecule has 0 radical (unpaired) electrons. The Morgan fingerprint density at radius 1 is 1.26 bits per heavy atom. The van der Waals surface area contributed by atoms with Crippen LogP contribution in [0, 0.1) is 0 Å². The molecule has 1 unspecified atom stereocenters. The van der Waals surface area contributed by atoms with E-state index in [1.807, 2.05) is 0 Å². The fourth-order valence-corrected chi connectivity index (χ4v) is 2.24. The van der Waals surface area contributed by atoms with Gasteiger partial charge in [0.25, 0.3) is 5.91 Å². The van der Waals surface area contributed by atoms with Gasteiger partial charge in [-0.05, 0) is 12.1 Å². The lowest BCUT2D eigenvalue weighted by atomic mass is 10.1. The molecule has 2 rings (SSSR count). The van der Waals surface area contributed by atoms with E-state index in [2.05, 4.69) is 5.10 Å². The van der Waals surface area contributed by atoms with Crippen molar-refractivity contribution in [1.82, 2.24) is 4.90 Å². The summed E-state index contributed by atoms with van der Waals surface area (Å²) >= 11 is 0. The van der Waals surface area contributed by atoms with Crippen molar-refractivity contribution in [1.29, 1.82) is 0 Å². The Balaban J connectivity index is 2.18. The Morgan fingerprint density at radius 2 is 1.91 bits per heavy atom. The minimum Gasteiger partial charge on any atom is -0.481 e. The number of hydrogen-bond acceptors (Lipinski definition) is 5. The molecule has 0 aliphatic carbocycles. The highest BCUT2D eigenvalue weighted by Gasteiger charge is 2.36. The van der Waals surface area contributed by atoms with E-state index < -0.39 is 23.9 Å². The predicted molar refractivity (Wildman–Crippen MR) is 82.3 cm³/mol. The van der Waals surface area contributed by atoms with Crippen molar-refractivity contribution < 1.29 is 24.6 Å². The van der Waals surface area contributed by atoms with Crippen molar-refractivity contribution in [3.8, 4) is 0 Å². The van der Waals surface area contributed by atoms with Crippen LogP contribution in [0.3, 0.4) is 0 Å². The first-order valence-corrected chi connectivity index (χ1v) is 7.02. The van der Waals surface area contributed by atoms with Crippen molar-refractivity contribution in [3.05, 3.63) is 30.3 Å². The fourth-order valence-electron chi connectivity index (χ4n) is 2.24. The maximum absolute atomic E-state index is 12.3. The van der Waals surface area contributed by atoms with Crippen molar-refractivity contribution in [2.75, 3.05) is 18.6 Å². The monoisotopic (exact) mass is 319 g/mol. The van der Waals surface area contributed by atoms with Gasteiger partial charge in [-0.1, -0.05) is 18.2 Å². The largest absolute Gasteiger partial charge is 0.481 e. The summed E-state index contributed by atoms with van der Waals surface area (Å²) in [5.41, 5.74) is 0.685. The zero-order chi connectivity index (χ0) is 17.0. The number of benzene rings is 1. The summed E-state index contributed by atoms with van der Waals surface area (Å²) in [6, 6.07) is 7.77. The lowest BCUT2D eigenvalue weighted by Gasteiger charge is -2.19. The number of anilines is 1. The van der Waals surface area contributed by atoms with Crippen molar-refractivity contribution in [3.63, 3.8) is 0 Å². The second-order valence-electron chi connectivity index (χ2n) is 5.16. The van der Waals surface area contributed by atoms with Crippen LogP contribution in [0.1, 0.15) is 12.8 Å². The van der Waals surface area contributed by atoms with Gasteiger partial charge in [0.05, 0.1) is 12.1 Å². The smallest absolute Gasteiger partial charge is 0.328 e. The second kappa shape index (κ2) is 6.91. The molecule has 0 bridgehead atoms. The number of carbonyl (C=O) groups is 3. The number of para-hydroxylation sites is 1. The van der Waals surface area contributed by atoms with Gasteiger partial charge in [-0.25, -0.2) is 4.79 Å². The van der Waals surface area contributed by atoms with Crippen molar-refractivity contribution >= 4 is 29.2 Å². The predicted octanol–water partition coefficient (Wildman–Crippen LogP) is 0.639. The van der Waals surface area contributed by atoms with E-state index in [0.717, 1.165) is 0 Å². The summed E-state index contributed by atoms with van der Waals surface area (Å²) in [6.07, 6.45) is -0.208. The summed E-state index contributed by atoms with van der Waals surface area (Å²) < 4.78 is 0. The molecule has 1 aliphatic rings. The highest BCUT2D eigenvalue weighted by Crippen LogP contribution is 2.25. The number of carboxylic acids is 2. The van der Waals surface area contributed by atoms with Crippen LogP contribution in [0.15, 0.2) is 35.4 Å². The molecule has 2 N–H and O–H groups in total. The lowest BCUT2D eigenvalue weighted by molar-refractivity contribution is -0.139. The molecule has 1 aromatic carbocycles. The van der Waals surface area contributed by atoms with Gasteiger partial charge in [0.2, 0.25) is 0 Å². The molecule has 0 saturated heterocycles. The van der Waals surface area contributed by atoms with Crippen LogP contribution in [0.2, 0.25) is 0 Å². The normalized spacial score (nSPS) is 16.8. The summed E-state index contributed by atoms with van der Waals surface area (Å²) in [6.45, 7) is 0.0380. The summed E-state index contributed by atoms with van der Waals surface area (Å²) in [5.74, 6) is -2.54. The van der Waals surface area contributed by atoms with E-state index in [-0.39, 0.29) is 25.1 Å². The van der Waals surface area contributed by atoms with Gasteiger partial charge in [-0.15, -0.1) is 0 Å². The fraction of sp³-hybridized carbons (Fsp3) is 0.333. The molecule has 0 fully saturated rings. The number of carboxylic acid groups (broad SMARTS) is 2. The molecule has 1 amide bonds. The third-order valence-electron chi connectivity index (χ3n) is 3.47. The first kappa shape index (κ1) is 16.5. The first-order valence-electron chi connectivity index (χ1n) is 7.02.